The fourth-order valence-corrected chi connectivity index (χ4v) is 6.86. The molecule has 0 spiro atoms. The van der Waals surface area contributed by atoms with Crippen molar-refractivity contribution >= 4 is 17.5 Å². The molecule has 0 aliphatic carbocycles. The van der Waals surface area contributed by atoms with Gasteiger partial charge < -0.3 is 39.2 Å². The smallest absolute Gasteiger partial charge is 0.308 e. The maximum Gasteiger partial charge on any atom is 0.308 e. The lowest BCUT2D eigenvalue weighted by molar-refractivity contribution is -0.304. The average Bonchev–Trinajstić information content (AvgIpc) is 3.64. The Bertz CT molecular complexity index is 1090. The van der Waals surface area contributed by atoms with Crippen LogP contribution in [0.4, 0.5) is 0 Å². The van der Waals surface area contributed by atoms with E-state index in [4.69, 9.17) is 18.9 Å². The normalized spacial score (nSPS) is 43.7. The molecule has 14 atom stereocenters. The van der Waals surface area contributed by atoms with Gasteiger partial charge in [0.25, 0.3) is 0 Å². The maximum absolute atomic E-state index is 13.4. The SMILES string of the molecule is CCC1OC(=O)CC(O)C(C)C(OC2OC(C)C(O)C(N(C)C)C2O)C(CC=CC(C)=O)CC(C)C(=O)C=CC2(C)OC2C1C. The number of epoxide rings is 1. The zero-order chi connectivity index (χ0) is 33.8. The van der Waals surface area contributed by atoms with Gasteiger partial charge in [-0.1, -0.05) is 33.8 Å². The van der Waals surface area contributed by atoms with Crippen molar-refractivity contribution in [3.05, 3.63) is 24.3 Å². The van der Waals surface area contributed by atoms with E-state index in [1.165, 1.54) is 13.0 Å². The third-order valence-corrected chi connectivity index (χ3v) is 9.81. The molecule has 3 aliphatic rings. The van der Waals surface area contributed by atoms with Crippen molar-refractivity contribution in [2.24, 2.45) is 23.7 Å². The quantitative estimate of drug-likeness (QED) is 0.214. The summed E-state index contributed by atoms with van der Waals surface area (Å²) in [6, 6.07) is -0.690. The summed E-state index contributed by atoms with van der Waals surface area (Å²) in [5, 5.41) is 33.5. The molecule has 3 heterocycles. The highest BCUT2D eigenvalue weighted by molar-refractivity contribution is 5.91. The van der Waals surface area contributed by atoms with Crippen LogP contribution in [0.25, 0.3) is 0 Å². The largest absolute Gasteiger partial charge is 0.462 e. The number of esters is 1. The Hall–Kier alpha value is -1.99. The van der Waals surface area contributed by atoms with Crippen molar-refractivity contribution in [2.45, 2.75) is 135 Å². The van der Waals surface area contributed by atoms with E-state index in [0.29, 0.717) is 19.3 Å². The number of likely N-dealkylation sites (N-methyl/N-ethyl adjacent to an activating group) is 1. The van der Waals surface area contributed by atoms with Gasteiger partial charge in [0.15, 0.2) is 17.9 Å². The van der Waals surface area contributed by atoms with Gasteiger partial charge in [0, 0.05) is 17.8 Å². The second-order valence-electron chi connectivity index (χ2n) is 13.8. The highest BCUT2D eigenvalue weighted by atomic mass is 16.7. The molecule has 0 saturated carbocycles. The molecule has 0 amide bonds. The summed E-state index contributed by atoms with van der Waals surface area (Å²) in [4.78, 5) is 40.0. The van der Waals surface area contributed by atoms with E-state index < -0.39 is 78.3 Å². The summed E-state index contributed by atoms with van der Waals surface area (Å²) >= 11 is 0. The average molecular weight is 638 g/mol. The molecule has 0 radical (unpaired) electrons. The Morgan fingerprint density at radius 2 is 1.78 bits per heavy atom. The first kappa shape index (κ1) is 37.5. The number of aliphatic hydroxyl groups is 3. The number of hydrogen-bond donors (Lipinski definition) is 3. The lowest BCUT2D eigenvalue weighted by Gasteiger charge is -2.46. The number of carbonyl (C=O) groups excluding carboxylic acids is 3. The van der Waals surface area contributed by atoms with Crippen LogP contribution in [0.15, 0.2) is 24.3 Å². The van der Waals surface area contributed by atoms with Crippen LogP contribution in [-0.2, 0) is 33.3 Å². The van der Waals surface area contributed by atoms with E-state index >= 15 is 0 Å². The molecule has 45 heavy (non-hydrogen) atoms. The van der Waals surface area contributed by atoms with Crippen molar-refractivity contribution in [3.8, 4) is 0 Å². The second-order valence-corrected chi connectivity index (χ2v) is 13.8. The van der Waals surface area contributed by atoms with Crippen molar-refractivity contribution in [2.75, 3.05) is 14.1 Å². The molecule has 3 aliphatic heterocycles. The highest BCUT2D eigenvalue weighted by Gasteiger charge is 2.55. The Morgan fingerprint density at radius 3 is 2.38 bits per heavy atom. The molecule has 0 aromatic carbocycles. The molecular weight excluding hydrogens is 582 g/mol. The first-order chi connectivity index (χ1) is 21.0. The van der Waals surface area contributed by atoms with E-state index in [1.54, 1.807) is 51.1 Å². The first-order valence-corrected chi connectivity index (χ1v) is 16.3. The molecule has 11 heteroatoms. The summed E-state index contributed by atoms with van der Waals surface area (Å²) < 4.78 is 24.3. The third-order valence-electron chi connectivity index (χ3n) is 9.81. The van der Waals surface area contributed by atoms with E-state index in [9.17, 15) is 29.7 Å². The number of ether oxygens (including phenoxy) is 4. The van der Waals surface area contributed by atoms with Crippen molar-refractivity contribution < 1.29 is 48.7 Å². The van der Waals surface area contributed by atoms with Crippen LogP contribution in [-0.4, -0.2) is 113 Å². The molecule has 3 N–H and O–H groups in total. The molecular formula is C34H55NO10. The fraction of sp³-hybridized carbons (Fsp3) is 0.794. The lowest BCUT2D eigenvalue weighted by atomic mass is 9.79. The zero-order valence-electron chi connectivity index (χ0n) is 28.3. The monoisotopic (exact) mass is 637 g/mol. The number of aliphatic hydroxyl groups excluding tert-OH is 3. The first-order valence-electron chi connectivity index (χ1n) is 16.3. The van der Waals surface area contributed by atoms with Crippen LogP contribution in [0.1, 0.15) is 74.1 Å². The Labute approximate surface area is 267 Å². The number of ketones is 2. The Kier molecular flexibility index (Phi) is 13.1. The van der Waals surface area contributed by atoms with Crippen LogP contribution >= 0.6 is 0 Å². The Morgan fingerprint density at radius 1 is 1.11 bits per heavy atom. The molecule has 0 bridgehead atoms. The lowest BCUT2D eigenvalue weighted by Crippen LogP contribution is -2.63. The van der Waals surface area contributed by atoms with Crippen LogP contribution in [0.5, 0.6) is 0 Å². The van der Waals surface area contributed by atoms with Gasteiger partial charge in [0.05, 0.1) is 43.0 Å². The Balaban J connectivity index is 2.03. The number of carbonyl (C=O) groups is 3. The molecule has 0 aromatic heterocycles. The van der Waals surface area contributed by atoms with Gasteiger partial charge in [-0.05, 0) is 78.3 Å². The van der Waals surface area contributed by atoms with Gasteiger partial charge in [-0.25, -0.2) is 0 Å². The van der Waals surface area contributed by atoms with Crippen molar-refractivity contribution in [3.63, 3.8) is 0 Å². The molecule has 14 unspecified atom stereocenters. The van der Waals surface area contributed by atoms with Crippen LogP contribution in [0, 0.1) is 23.7 Å². The number of cyclic esters (lactones) is 1. The molecule has 2 fully saturated rings. The van der Waals surface area contributed by atoms with Crippen molar-refractivity contribution in [1.82, 2.24) is 4.90 Å². The minimum Gasteiger partial charge on any atom is -0.462 e. The van der Waals surface area contributed by atoms with Gasteiger partial charge in [-0.3, -0.25) is 14.4 Å². The minimum atomic E-state index is -1.24. The fourth-order valence-electron chi connectivity index (χ4n) is 6.86. The van der Waals surface area contributed by atoms with E-state index in [2.05, 4.69) is 0 Å². The minimum absolute atomic E-state index is 0.102. The second kappa shape index (κ2) is 15.7. The molecule has 11 nitrogen and oxygen atoms in total. The van der Waals surface area contributed by atoms with Gasteiger partial charge in [-0.2, -0.15) is 0 Å². The summed E-state index contributed by atoms with van der Waals surface area (Å²) in [6.45, 7) is 12.5. The maximum atomic E-state index is 13.4. The van der Waals surface area contributed by atoms with Crippen molar-refractivity contribution in [1.29, 1.82) is 0 Å². The zero-order valence-corrected chi connectivity index (χ0v) is 28.3. The van der Waals surface area contributed by atoms with Gasteiger partial charge in [-0.15, -0.1) is 0 Å². The summed E-state index contributed by atoms with van der Waals surface area (Å²) in [5.74, 6) is -2.49. The summed E-state index contributed by atoms with van der Waals surface area (Å²) in [7, 11) is 3.48. The molecule has 3 rings (SSSR count). The standard InChI is InChI=1S/C34H55NO10/c1-10-26-21(5)32-34(7,45-32)15-14-24(37)18(2)16-23(13-11-12-19(3)36)31(20(4)25(38)17-27(39)43-26)44-33-30(41)28(35(8)9)29(40)22(6)42-33/h11-12,14-15,18,20-23,25-26,28-33,38,40-41H,10,13,16-17H2,1-9H3. The summed E-state index contributed by atoms with van der Waals surface area (Å²) in [5.41, 5.74) is -0.659. The highest BCUT2D eigenvalue weighted by Crippen LogP contribution is 2.45. The number of rotatable bonds is 7. The van der Waals surface area contributed by atoms with Gasteiger partial charge in [0.1, 0.15) is 17.8 Å². The van der Waals surface area contributed by atoms with Gasteiger partial charge >= 0.3 is 5.97 Å². The van der Waals surface area contributed by atoms with E-state index in [0.717, 1.165) is 0 Å². The van der Waals surface area contributed by atoms with Crippen LogP contribution < -0.4 is 0 Å². The topological polar surface area (TPSA) is 155 Å². The molecule has 2 saturated heterocycles. The molecule has 0 aromatic rings. The number of hydrogen-bond acceptors (Lipinski definition) is 11. The predicted octanol–water partition coefficient (Wildman–Crippen LogP) is 2.59. The van der Waals surface area contributed by atoms with Crippen LogP contribution in [0.2, 0.25) is 0 Å². The predicted molar refractivity (Wildman–Crippen MR) is 167 cm³/mol. The number of allylic oxidation sites excluding steroid dienone is 3. The van der Waals surface area contributed by atoms with Crippen LogP contribution in [0.3, 0.4) is 0 Å². The van der Waals surface area contributed by atoms with E-state index in [-0.39, 0.29) is 30.0 Å². The number of nitrogens with zero attached hydrogens (tertiary/aromatic N) is 1. The molecule has 256 valence electrons. The van der Waals surface area contributed by atoms with E-state index in [1.807, 2.05) is 27.7 Å². The van der Waals surface area contributed by atoms with Gasteiger partial charge in [0.2, 0.25) is 0 Å². The third kappa shape index (κ3) is 9.31. The number of fused-ring (bicyclic) bond motifs is 1. The summed E-state index contributed by atoms with van der Waals surface area (Å²) in [6.07, 6.45) is 0.659.